The van der Waals surface area contributed by atoms with E-state index in [1.807, 2.05) is 29.6 Å². The van der Waals surface area contributed by atoms with Crippen LogP contribution < -0.4 is 0 Å². The highest BCUT2D eigenvalue weighted by molar-refractivity contribution is 7.10. The molecule has 0 aromatic carbocycles. The highest BCUT2D eigenvalue weighted by atomic mass is 32.1. The molecule has 20 heavy (non-hydrogen) atoms. The minimum atomic E-state index is -0.736. The molecule has 1 aliphatic heterocycles. The molecule has 1 fully saturated rings. The molecule has 0 saturated carbocycles. The van der Waals surface area contributed by atoms with Crippen LogP contribution in [0.3, 0.4) is 0 Å². The van der Waals surface area contributed by atoms with E-state index in [1.165, 1.54) is 0 Å². The van der Waals surface area contributed by atoms with E-state index < -0.39 is 12.0 Å². The van der Waals surface area contributed by atoms with Crippen LogP contribution in [0.15, 0.2) is 41.9 Å². The summed E-state index contributed by atoms with van der Waals surface area (Å²) in [5.74, 6) is -0.736. The summed E-state index contributed by atoms with van der Waals surface area (Å²) in [6.45, 7) is 0.802. The molecule has 5 heteroatoms. The Morgan fingerprint density at radius 1 is 1.40 bits per heavy atom. The van der Waals surface area contributed by atoms with Crippen molar-refractivity contribution in [1.29, 1.82) is 0 Å². The van der Waals surface area contributed by atoms with Crippen molar-refractivity contribution in [3.05, 3.63) is 52.5 Å². The van der Waals surface area contributed by atoms with Crippen LogP contribution in [0.1, 0.15) is 29.5 Å². The SMILES string of the molecule is O=C(O)C1CCCN1C(c1ccccn1)c1cccs1. The molecule has 3 heterocycles. The minimum Gasteiger partial charge on any atom is -0.480 e. The van der Waals surface area contributed by atoms with Gasteiger partial charge >= 0.3 is 5.97 Å². The van der Waals surface area contributed by atoms with Crippen molar-refractivity contribution in [2.45, 2.75) is 24.9 Å². The zero-order chi connectivity index (χ0) is 13.9. The first kappa shape index (κ1) is 13.3. The van der Waals surface area contributed by atoms with Crippen LogP contribution in [0.2, 0.25) is 0 Å². The summed E-state index contributed by atoms with van der Waals surface area (Å²) in [4.78, 5) is 19.1. The third kappa shape index (κ3) is 2.46. The molecule has 4 nitrogen and oxygen atoms in total. The van der Waals surface area contributed by atoms with E-state index in [0.717, 1.165) is 23.5 Å². The number of likely N-dealkylation sites (tertiary alicyclic amines) is 1. The maximum Gasteiger partial charge on any atom is 0.320 e. The van der Waals surface area contributed by atoms with Crippen molar-refractivity contribution in [2.24, 2.45) is 0 Å². The Hall–Kier alpha value is -1.72. The number of aromatic nitrogens is 1. The van der Waals surface area contributed by atoms with E-state index in [4.69, 9.17) is 0 Å². The maximum atomic E-state index is 11.5. The zero-order valence-electron chi connectivity index (χ0n) is 11.0. The number of nitrogens with zero attached hydrogens (tertiary/aromatic N) is 2. The fourth-order valence-corrected chi connectivity index (χ4v) is 3.68. The maximum absolute atomic E-state index is 11.5. The van der Waals surface area contributed by atoms with E-state index >= 15 is 0 Å². The van der Waals surface area contributed by atoms with Crippen LogP contribution in [0.5, 0.6) is 0 Å². The molecule has 2 aromatic rings. The van der Waals surface area contributed by atoms with Crippen LogP contribution >= 0.6 is 11.3 Å². The average molecular weight is 288 g/mol. The van der Waals surface area contributed by atoms with Crippen molar-refractivity contribution in [2.75, 3.05) is 6.54 Å². The number of aliphatic carboxylic acids is 1. The molecule has 0 bridgehead atoms. The Kier molecular flexibility index (Phi) is 3.80. The Balaban J connectivity index is 2.00. The van der Waals surface area contributed by atoms with Gasteiger partial charge in [0.05, 0.1) is 11.7 Å². The number of hydrogen-bond donors (Lipinski definition) is 1. The average Bonchev–Trinajstić information content (AvgIpc) is 3.12. The van der Waals surface area contributed by atoms with Gasteiger partial charge in [-0.1, -0.05) is 12.1 Å². The molecule has 1 saturated heterocycles. The van der Waals surface area contributed by atoms with Gasteiger partial charge in [0, 0.05) is 17.6 Å². The molecule has 2 unspecified atom stereocenters. The van der Waals surface area contributed by atoms with Crippen molar-refractivity contribution in [1.82, 2.24) is 9.88 Å². The van der Waals surface area contributed by atoms with Gasteiger partial charge in [0.25, 0.3) is 0 Å². The number of carboxylic acid groups (broad SMARTS) is 1. The Labute approximate surface area is 121 Å². The summed E-state index contributed by atoms with van der Waals surface area (Å²) in [5, 5.41) is 11.4. The molecule has 2 aromatic heterocycles. The largest absolute Gasteiger partial charge is 0.480 e. The van der Waals surface area contributed by atoms with Gasteiger partial charge in [-0.3, -0.25) is 14.7 Å². The number of thiophene rings is 1. The van der Waals surface area contributed by atoms with Gasteiger partial charge in [0.15, 0.2) is 0 Å². The molecule has 1 aliphatic rings. The van der Waals surface area contributed by atoms with Gasteiger partial charge in [0.1, 0.15) is 6.04 Å². The lowest BCUT2D eigenvalue weighted by Crippen LogP contribution is -2.39. The van der Waals surface area contributed by atoms with Crippen molar-refractivity contribution in [3.63, 3.8) is 0 Å². The molecular formula is C15H16N2O2S. The zero-order valence-corrected chi connectivity index (χ0v) is 11.8. The standard InChI is InChI=1S/C15H16N2O2S/c18-15(19)12-6-3-9-17(12)14(13-7-4-10-20-13)11-5-1-2-8-16-11/h1-2,4-5,7-8,10,12,14H,3,6,9H2,(H,18,19). The molecular weight excluding hydrogens is 272 g/mol. The second kappa shape index (κ2) is 5.73. The Morgan fingerprint density at radius 3 is 2.95 bits per heavy atom. The fraction of sp³-hybridized carbons (Fsp3) is 0.333. The topological polar surface area (TPSA) is 53.4 Å². The van der Waals surface area contributed by atoms with E-state index in [0.29, 0.717) is 6.42 Å². The molecule has 0 radical (unpaired) electrons. The summed E-state index contributed by atoms with van der Waals surface area (Å²) < 4.78 is 0. The number of carboxylic acids is 1. The predicted octanol–water partition coefficient (Wildman–Crippen LogP) is 2.78. The van der Waals surface area contributed by atoms with E-state index in [2.05, 4.69) is 16.0 Å². The normalized spacial score (nSPS) is 20.9. The molecule has 0 aliphatic carbocycles. The van der Waals surface area contributed by atoms with Gasteiger partial charge < -0.3 is 5.11 Å². The summed E-state index contributed by atoms with van der Waals surface area (Å²) in [6, 6.07) is 9.40. The molecule has 2 atom stereocenters. The highest BCUT2D eigenvalue weighted by Gasteiger charge is 2.37. The first-order valence-electron chi connectivity index (χ1n) is 6.70. The number of carbonyl (C=O) groups is 1. The quantitative estimate of drug-likeness (QED) is 0.940. The number of pyridine rings is 1. The van der Waals surface area contributed by atoms with Gasteiger partial charge in [-0.15, -0.1) is 11.3 Å². The fourth-order valence-electron chi connectivity index (χ4n) is 2.83. The lowest BCUT2D eigenvalue weighted by Gasteiger charge is -2.30. The van der Waals surface area contributed by atoms with E-state index in [9.17, 15) is 9.90 Å². The Bertz CT molecular complexity index is 571. The van der Waals surface area contributed by atoms with Crippen LogP contribution in [0.4, 0.5) is 0 Å². The molecule has 0 amide bonds. The summed E-state index contributed by atoms with van der Waals surface area (Å²) >= 11 is 1.65. The van der Waals surface area contributed by atoms with Crippen molar-refractivity contribution >= 4 is 17.3 Å². The van der Waals surface area contributed by atoms with Crippen molar-refractivity contribution < 1.29 is 9.90 Å². The third-order valence-corrected chi connectivity index (χ3v) is 4.62. The number of rotatable bonds is 4. The minimum absolute atomic E-state index is 0.0557. The molecule has 104 valence electrons. The molecule has 1 N–H and O–H groups in total. The van der Waals surface area contributed by atoms with Crippen molar-refractivity contribution in [3.8, 4) is 0 Å². The lowest BCUT2D eigenvalue weighted by atomic mass is 10.1. The summed E-state index contributed by atoms with van der Waals surface area (Å²) in [6.07, 6.45) is 3.40. The first-order chi connectivity index (χ1) is 9.77. The van der Waals surface area contributed by atoms with Gasteiger partial charge in [-0.25, -0.2) is 0 Å². The molecule has 0 spiro atoms. The van der Waals surface area contributed by atoms with E-state index in [1.54, 1.807) is 17.5 Å². The van der Waals surface area contributed by atoms with Gasteiger partial charge in [-0.05, 0) is 36.4 Å². The van der Waals surface area contributed by atoms with Crippen LogP contribution in [0.25, 0.3) is 0 Å². The monoisotopic (exact) mass is 288 g/mol. The van der Waals surface area contributed by atoms with E-state index in [-0.39, 0.29) is 6.04 Å². The molecule has 3 rings (SSSR count). The van der Waals surface area contributed by atoms with Gasteiger partial charge in [-0.2, -0.15) is 0 Å². The lowest BCUT2D eigenvalue weighted by molar-refractivity contribution is -0.142. The highest BCUT2D eigenvalue weighted by Crippen LogP contribution is 2.35. The third-order valence-electron chi connectivity index (χ3n) is 3.69. The smallest absolute Gasteiger partial charge is 0.320 e. The van der Waals surface area contributed by atoms with Gasteiger partial charge in [0.2, 0.25) is 0 Å². The van der Waals surface area contributed by atoms with Crippen LogP contribution in [-0.4, -0.2) is 33.5 Å². The number of hydrogen-bond acceptors (Lipinski definition) is 4. The summed E-state index contributed by atoms with van der Waals surface area (Å²) in [5.41, 5.74) is 0.920. The van der Waals surface area contributed by atoms with Crippen LogP contribution in [0, 0.1) is 0 Å². The predicted molar refractivity (Wildman–Crippen MR) is 77.8 cm³/mol. The Morgan fingerprint density at radius 2 is 2.30 bits per heavy atom. The summed E-state index contributed by atoms with van der Waals surface area (Å²) in [7, 11) is 0. The second-order valence-corrected chi connectivity index (χ2v) is 5.89. The van der Waals surface area contributed by atoms with Crippen LogP contribution in [-0.2, 0) is 4.79 Å². The first-order valence-corrected chi connectivity index (χ1v) is 7.58. The second-order valence-electron chi connectivity index (χ2n) is 4.91.